The minimum atomic E-state index is 1.16. The monoisotopic (exact) mass is 686 g/mol. The second-order valence-corrected chi connectivity index (χ2v) is 14.2. The second kappa shape index (κ2) is 12.2. The van der Waals surface area contributed by atoms with Crippen molar-refractivity contribution < 1.29 is 0 Å². The van der Waals surface area contributed by atoms with E-state index < -0.39 is 0 Å². The van der Waals surface area contributed by atoms with E-state index in [-0.39, 0.29) is 0 Å². The molecule has 9 aromatic carbocycles. The van der Waals surface area contributed by atoms with Crippen molar-refractivity contribution in [1.82, 2.24) is 9.13 Å². The molecule has 0 amide bonds. The summed E-state index contributed by atoms with van der Waals surface area (Å²) >= 11 is 0. The molecule has 2 heterocycles. The van der Waals surface area contributed by atoms with Crippen molar-refractivity contribution in [2.75, 3.05) is 0 Å². The molecule has 0 spiro atoms. The van der Waals surface area contributed by atoms with Crippen LogP contribution in [0.2, 0.25) is 0 Å². The summed E-state index contributed by atoms with van der Waals surface area (Å²) in [6, 6.07) is 75.4. The Labute approximate surface area is 313 Å². The van der Waals surface area contributed by atoms with Crippen LogP contribution in [0.4, 0.5) is 0 Å². The average Bonchev–Trinajstić information content (AvgIpc) is 3.76. The zero-order chi connectivity index (χ0) is 35.6. The Morgan fingerprint density at radius 1 is 0.222 bits per heavy atom. The molecule has 0 atom stereocenters. The fourth-order valence-corrected chi connectivity index (χ4v) is 8.51. The van der Waals surface area contributed by atoms with Crippen LogP contribution in [0.1, 0.15) is 0 Å². The molecule has 2 aromatic heterocycles. The largest absolute Gasteiger partial charge is 0.309 e. The Bertz CT molecular complexity index is 3200. The maximum Gasteiger partial charge on any atom is 0.0547 e. The highest BCUT2D eigenvalue weighted by molar-refractivity contribution is 6.12. The van der Waals surface area contributed by atoms with Gasteiger partial charge in [0.15, 0.2) is 0 Å². The lowest BCUT2D eigenvalue weighted by Gasteiger charge is -2.13. The van der Waals surface area contributed by atoms with Gasteiger partial charge in [0.25, 0.3) is 0 Å². The summed E-state index contributed by atoms with van der Waals surface area (Å²) in [5.74, 6) is 0. The van der Waals surface area contributed by atoms with Crippen molar-refractivity contribution in [2.24, 2.45) is 0 Å². The normalized spacial score (nSPS) is 11.7. The Kier molecular flexibility index (Phi) is 6.90. The molecule has 0 saturated heterocycles. The van der Waals surface area contributed by atoms with E-state index in [1.54, 1.807) is 0 Å². The van der Waals surface area contributed by atoms with Crippen LogP contribution >= 0.6 is 0 Å². The zero-order valence-corrected chi connectivity index (χ0v) is 29.5. The van der Waals surface area contributed by atoms with Crippen molar-refractivity contribution in [2.45, 2.75) is 0 Å². The lowest BCUT2D eigenvalue weighted by atomic mass is 9.92. The third-order valence-electron chi connectivity index (χ3n) is 11.1. The maximum absolute atomic E-state index is 2.40. The summed E-state index contributed by atoms with van der Waals surface area (Å²) in [6.45, 7) is 0. The van der Waals surface area contributed by atoms with Gasteiger partial charge in [-0.1, -0.05) is 127 Å². The highest BCUT2D eigenvalue weighted by atomic mass is 15.0. The first-order valence-electron chi connectivity index (χ1n) is 18.6. The first kappa shape index (κ1) is 30.5. The lowest BCUT2D eigenvalue weighted by Crippen LogP contribution is -1.93. The van der Waals surface area contributed by atoms with Gasteiger partial charge in [-0.15, -0.1) is 0 Å². The zero-order valence-electron chi connectivity index (χ0n) is 29.5. The summed E-state index contributed by atoms with van der Waals surface area (Å²) in [6.07, 6.45) is 0. The molecule has 0 saturated carbocycles. The summed E-state index contributed by atoms with van der Waals surface area (Å²) < 4.78 is 4.78. The van der Waals surface area contributed by atoms with Crippen molar-refractivity contribution >= 4 is 54.4 Å². The van der Waals surface area contributed by atoms with E-state index in [0.29, 0.717) is 0 Å². The standard InChI is InChI=1S/C52H34N2/c1-3-15-43(16-4-1)53-50-22-12-10-20-46(50)48-33-38(26-28-51(48)53)41-30-40(37-24-23-35-13-7-8-14-36(35)29-37)31-42(32-41)39-25-27-47-45-19-9-11-21-49(45)54(52(47)34-39)44-17-5-2-6-18-44/h1-34H. The second-order valence-electron chi connectivity index (χ2n) is 14.2. The van der Waals surface area contributed by atoms with Crippen LogP contribution in [-0.4, -0.2) is 9.13 Å². The van der Waals surface area contributed by atoms with Crippen LogP contribution in [0, 0.1) is 0 Å². The smallest absolute Gasteiger partial charge is 0.0547 e. The SMILES string of the molecule is c1ccc(-n2c3ccccc3c3cc(-c4cc(-c5ccc6ccccc6c5)cc(-c5ccc6c7ccccc7n(-c7ccccc7)c6c5)c4)ccc32)cc1. The minimum absolute atomic E-state index is 1.16. The van der Waals surface area contributed by atoms with Crippen molar-refractivity contribution in [3.63, 3.8) is 0 Å². The van der Waals surface area contributed by atoms with Gasteiger partial charge in [0.05, 0.1) is 22.1 Å². The fourth-order valence-electron chi connectivity index (χ4n) is 8.51. The summed E-state index contributed by atoms with van der Waals surface area (Å²) in [4.78, 5) is 0. The average molecular weight is 687 g/mol. The molecule has 11 rings (SSSR count). The van der Waals surface area contributed by atoms with Gasteiger partial charge in [-0.25, -0.2) is 0 Å². The molecule has 0 aliphatic rings. The van der Waals surface area contributed by atoms with E-state index in [4.69, 9.17) is 0 Å². The molecule has 0 bridgehead atoms. The predicted molar refractivity (Wildman–Crippen MR) is 229 cm³/mol. The van der Waals surface area contributed by atoms with Crippen LogP contribution in [0.5, 0.6) is 0 Å². The quantitative estimate of drug-likeness (QED) is 0.171. The van der Waals surface area contributed by atoms with Crippen LogP contribution in [-0.2, 0) is 0 Å². The molecule has 0 unspecified atom stereocenters. The number of benzene rings is 9. The van der Waals surface area contributed by atoms with E-state index in [1.165, 1.54) is 93.5 Å². The maximum atomic E-state index is 2.40. The number of rotatable bonds is 5. The summed E-state index contributed by atoms with van der Waals surface area (Å²) in [5.41, 5.74) is 14.3. The Morgan fingerprint density at radius 3 is 1.33 bits per heavy atom. The molecular formula is C52H34N2. The number of nitrogens with zero attached hydrogens (tertiary/aromatic N) is 2. The van der Waals surface area contributed by atoms with Gasteiger partial charge < -0.3 is 9.13 Å². The van der Waals surface area contributed by atoms with Gasteiger partial charge in [-0.3, -0.25) is 0 Å². The number of hydrogen-bond donors (Lipinski definition) is 0. The van der Waals surface area contributed by atoms with Crippen LogP contribution in [0.25, 0.3) is 99.1 Å². The molecule has 252 valence electrons. The van der Waals surface area contributed by atoms with Crippen LogP contribution in [0.15, 0.2) is 206 Å². The third kappa shape index (κ3) is 4.88. The number of para-hydroxylation sites is 4. The van der Waals surface area contributed by atoms with Gasteiger partial charge in [0, 0.05) is 32.9 Å². The summed E-state index contributed by atoms with van der Waals surface area (Å²) in [7, 11) is 0. The fraction of sp³-hybridized carbons (Fsp3) is 0. The Balaban J connectivity index is 1.15. The molecule has 2 nitrogen and oxygen atoms in total. The van der Waals surface area contributed by atoms with Crippen molar-refractivity contribution in [3.05, 3.63) is 206 Å². The summed E-state index contributed by atoms with van der Waals surface area (Å²) in [5, 5.41) is 7.51. The highest BCUT2D eigenvalue weighted by Gasteiger charge is 2.17. The van der Waals surface area contributed by atoms with E-state index in [2.05, 4.69) is 215 Å². The Morgan fingerprint density at radius 2 is 0.667 bits per heavy atom. The van der Waals surface area contributed by atoms with E-state index in [1.807, 2.05) is 0 Å². The van der Waals surface area contributed by atoms with Crippen molar-refractivity contribution in [3.8, 4) is 44.8 Å². The molecule has 0 aliphatic carbocycles. The van der Waals surface area contributed by atoms with E-state index in [0.717, 1.165) is 5.69 Å². The minimum Gasteiger partial charge on any atom is -0.309 e. The number of aromatic nitrogens is 2. The van der Waals surface area contributed by atoms with Gasteiger partial charge in [0.1, 0.15) is 0 Å². The topological polar surface area (TPSA) is 9.86 Å². The molecule has 0 fully saturated rings. The lowest BCUT2D eigenvalue weighted by molar-refractivity contribution is 1.18. The molecule has 0 aliphatic heterocycles. The van der Waals surface area contributed by atoms with Gasteiger partial charge in [0.2, 0.25) is 0 Å². The van der Waals surface area contributed by atoms with E-state index in [9.17, 15) is 0 Å². The molecule has 11 aromatic rings. The Hall–Kier alpha value is -7.16. The van der Waals surface area contributed by atoms with Gasteiger partial charge in [-0.2, -0.15) is 0 Å². The first-order chi connectivity index (χ1) is 26.8. The molecule has 0 N–H and O–H groups in total. The van der Waals surface area contributed by atoms with Crippen LogP contribution < -0.4 is 0 Å². The van der Waals surface area contributed by atoms with Crippen molar-refractivity contribution in [1.29, 1.82) is 0 Å². The van der Waals surface area contributed by atoms with Gasteiger partial charge >= 0.3 is 0 Å². The third-order valence-corrected chi connectivity index (χ3v) is 11.1. The molecule has 0 radical (unpaired) electrons. The molecule has 2 heteroatoms. The molecule has 54 heavy (non-hydrogen) atoms. The number of hydrogen-bond acceptors (Lipinski definition) is 0. The highest BCUT2D eigenvalue weighted by Crippen LogP contribution is 2.40. The number of fused-ring (bicyclic) bond motifs is 7. The first-order valence-corrected chi connectivity index (χ1v) is 18.6. The van der Waals surface area contributed by atoms with E-state index >= 15 is 0 Å². The molecular weight excluding hydrogens is 653 g/mol. The van der Waals surface area contributed by atoms with Gasteiger partial charge in [-0.05, 0) is 123 Å². The van der Waals surface area contributed by atoms with Crippen LogP contribution in [0.3, 0.4) is 0 Å². The predicted octanol–water partition coefficient (Wildman–Crippen LogP) is 14.0.